The summed E-state index contributed by atoms with van der Waals surface area (Å²) in [5.74, 6) is 2.07. The van der Waals surface area contributed by atoms with Gasteiger partial charge in [0.15, 0.2) is 5.96 Å². The number of hydrogen-bond acceptors (Lipinski definition) is 5. The Kier molecular flexibility index (Phi) is 8.93. The average Bonchev–Trinajstić information content (AvgIpc) is 3.13. The van der Waals surface area contributed by atoms with Crippen molar-refractivity contribution in [1.82, 2.24) is 14.5 Å². The van der Waals surface area contributed by atoms with Crippen LogP contribution in [0.4, 0.5) is 0 Å². The molecule has 2 aliphatic rings. The largest absolute Gasteiger partial charge is 0.351 e. The van der Waals surface area contributed by atoms with Crippen LogP contribution >= 0.6 is 47.1 Å². The van der Waals surface area contributed by atoms with Crippen LogP contribution in [0.5, 0.6) is 0 Å². The fourth-order valence-electron chi connectivity index (χ4n) is 3.79. The van der Waals surface area contributed by atoms with Gasteiger partial charge in [-0.15, -0.1) is 35.3 Å². The van der Waals surface area contributed by atoms with Crippen LogP contribution in [0, 0.1) is 0 Å². The first kappa shape index (κ1) is 24.2. The Balaban J connectivity index is 0.00000280. The molecular formula is C18H31IN4O2S3. The maximum Gasteiger partial charge on any atom is 0.252 e. The van der Waals surface area contributed by atoms with Gasteiger partial charge in [0.1, 0.15) is 4.21 Å². The van der Waals surface area contributed by atoms with Gasteiger partial charge in [0.2, 0.25) is 0 Å². The Hall–Kier alpha value is -0.0400. The van der Waals surface area contributed by atoms with Crippen molar-refractivity contribution in [2.75, 3.05) is 40.0 Å². The minimum atomic E-state index is -3.36. The van der Waals surface area contributed by atoms with E-state index in [2.05, 4.69) is 27.0 Å². The molecule has 0 amide bonds. The Morgan fingerprint density at radius 2 is 2.00 bits per heavy atom. The van der Waals surface area contributed by atoms with Crippen LogP contribution in [-0.4, -0.2) is 68.3 Å². The molecule has 1 aromatic heterocycles. The summed E-state index contributed by atoms with van der Waals surface area (Å²) >= 11 is 3.47. The summed E-state index contributed by atoms with van der Waals surface area (Å²) < 4.78 is 26.5. The van der Waals surface area contributed by atoms with Gasteiger partial charge in [0, 0.05) is 49.6 Å². The van der Waals surface area contributed by atoms with Crippen LogP contribution < -0.4 is 5.32 Å². The van der Waals surface area contributed by atoms with E-state index < -0.39 is 10.0 Å². The van der Waals surface area contributed by atoms with Gasteiger partial charge in [-0.2, -0.15) is 11.8 Å². The summed E-state index contributed by atoms with van der Waals surface area (Å²) in [6.45, 7) is 2.66. The molecule has 1 N–H and O–H groups in total. The lowest BCUT2D eigenvalue weighted by atomic mass is 9.87. The van der Waals surface area contributed by atoms with Crippen molar-refractivity contribution in [2.24, 2.45) is 4.99 Å². The van der Waals surface area contributed by atoms with Crippen molar-refractivity contribution in [3.05, 3.63) is 17.0 Å². The second kappa shape index (κ2) is 10.3. The number of aliphatic imine (C=N–C) groups is 1. The SMILES string of the molecule is CN=C(NCc1ccc(S(=O)(=O)N(C)C)s1)N1CCSC2(CCCCC2)C1.I. The maximum atomic E-state index is 12.2. The second-order valence-electron chi connectivity index (χ2n) is 7.42. The van der Waals surface area contributed by atoms with Crippen LogP contribution in [0.15, 0.2) is 21.3 Å². The van der Waals surface area contributed by atoms with Gasteiger partial charge in [0.25, 0.3) is 10.0 Å². The summed E-state index contributed by atoms with van der Waals surface area (Å²) in [6, 6.07) is 3.57. The monoisotopic (exact) mass is 558 g/mol. The first-order valence-electron chi connectivity index (χ1n) is 9.47. The normalized spacial score (nSPS) is 20.3. The van der Waals surface area contributed by atoms with Crippen molar-refractivity contribution in [1.29, 1.82) is 0 Å². The van der Waals surface area contributed by atoms with Crippen LogP contribution in [0.1, 0.15) is 37.0 Å². The lowest BCUT2D eigenvalue weighted by Crippen LogP contribution is -2.53. The van der Waals surface area contributed by atoms with E-state index in [0.29, 0.717) is 15.5 Å². The third-order valence-electron chi connectivity index (χ3n) is 5.32. The predicted molar refractivity (Wildman–Crippen MR) is 131 cm³/mol. The molecule has 1 aromatic rings. The molecule has 0 bridgehead atoms. The van der Waals surface area contributed by atoms with Gasteiger partial charge in [0.05, 0.1) is 6.54 Å². The van der Waals surface area contributed by atoms with Crippen molar-refractivity contribution in [3.8, 4) is 0 Å². The first-order chi connectivity index (χ1) is 12.9. The summed E-state index contributed by atoms with van der Waals surface area (Å²) in [4.78, 5) is 7.87. The highest BCUT2D eigenvalue weighted by Crippen LogP contribution is 2.42. The fourth-order valence-corrected chi connectivity index (χ4v) is 7.83. The molecule has 1 aliphatic heterocycles. The highest BCUT2D eigenvalue weighted by Gasteiger charge is 2.38. The zero-order valence-corrected chi connectivity index (χ0v) is 21.6. The van der Waals surface area contributed by atoms with Crippen LogP contribution in [0.3, 0.4) is 0 Å². The first-order valence-corrected chi connectivity index (χ1v) is 12.7. The minimum Gasteiger partial charge on any atom is -0.351 e. The Morgan fingerprint density at radius 3 is 2.64 bits per heavy atom. The number of sulfonamides is 1. The van der Waals surface area contributed by atoms with Crippen LogP contribution in [0.2, 0.25) is 0 Å². The number of thioether (sulfide) groups is 1. The predicted octanol–water partition coefficient (Wildman–Crippen LogP) is 3.44. The number of nitrogens with one attached hydrogen (secondary N) is 1. The van der Waals surface area contributed by atoms with E-state index in [9.17, 15) is 8.42 Å². The van der Waals surface area contributed by atoms with Gasteiger partial charge in [-0.25, -0.2) is 12.7 Å². The van der Waals surface area contributed by atoms with E-state index in [1.54, 1.807) is 20.2 Å². The summed E-state index contributed by atoms with van der Waals surface area (Å²) in [6.07, 6.45) is 6.66. The van der Waals surface area contributed by atoms with Gasteiger partial charge in [-0.1, -0.05) is 19.3 Å². The Morgan fingerprint density at radius 1 is 1.29 bits per heavy atom. The maximum absolute atomic E-state index is 12.2. The second-order valence-corrected chi connectivity index (χ2v) is 12.5. The standard InChI is InChI=1S/C18H30N4O2S3.HI/c1-19-17(22-11-12-25-18(14-22)9-5-4-6-10-18)20-13-15-7-8-16(26-15)27(23,24)21(2)3;/h7-8H,4-6,9-14H2,1-3H3,(H,19,20);1H. The van der Waals surface area contributed by atoms with Crippen molar-refractivity contribution in [2.45, 2.75) is 47.6 Å². The molecule has 28 heavy (non-hydrogen) atoms. The molecule has 6 nitrogen and oxygen atoms in total. The molecule has 160 valence electrons. The number of guanidine groups is 1. The number of halogens is 1. The molecule has 1 saturated heterocycles. The van der Waals surface area contributed by atoms with Crippen molar-refractivity contribution >= 4 is 63.1 Å². The fraction of sp³-hybridized carbons (Fsp3) is 0.722. The van der Waals surface area contributed by atoms with Crippen LogP contribution in [0.25, 0.3) is 0 Å². The van der Waals surface area contributed by atoms with Gasteiger partial charge in [-0.05, 0) is 25.0 Å². The average molecular weight is 559 g/mol. The zero-order chi connectivity index (χ0) is 19.5. The highest BCUT2D eigenvalue weighted by atomic mass is 127. The van der Waals surface area contributed by atoms with Crippen LogP contribution in [-0.2, 0) is 16.6 Å². The summed E-state index contributed by atoms with van der Waals surface area (Å²) in [7, 11) is 1.59. The molecule has 0 aromatic carbocycles. The minimum absolute atomic E-state index is 0. The molecule has 0 radical (unpaired) electrons. The lowest BCUT2D eigenvalue weighted by molar-refractivity contribution is 0.293. The molecule has 1 saturated carbocycles. The molecule has 1 aliphatic carbocycles. The third-order valence-corrected chi connectivity index (χ3v) is 10.2. The number of rotatable bonds is 4. The molecule has 0 atom stereocenters. The topological polar surface area (TPSA) is 65.0 Å². The Bertz CT molecular complexity index is 768. The highest BCUT2D eigenvalue weighted by molar-refractivity contribution is 14.0. The summed E-state index contributed by atoms with van der Waals surface area (Å²) in [5, 5.41) is 3.44. The lowest BCUT2D eigenvalue weighted by Gasteiger charge is -2.45. The van der Waals surface area contributed by atoms with E-state index in [1.165, 1.54) is 47.7 Å². The zero-order valence-electron chi connectivity index (χ0n) is 16.8. The molecule has 1 spiro atoms. The van der Waals surface area contributed by atoms with Gasteiger partial charge >= 0.3 is 0 Å². The van der Waals surface area contributed by atoms with E-state index in [4.69, 9.17) is 0 Å². The van der Waals surface area contributed by atoms with Gasteiger partial charge in [-0.3, -0.25) is 4.99 Å². The molecule has 3 rings (SSSR count). The van der Waals surface area contributed by atoms with E-state index >= 15 is 0 Å². The smallest absolute Gasteiger partial charge is 0.252 e. The molecular weight excluding hydrogens is 527 g/mol. The summed E-state index contributed by atoms with van der Waals surface area (Å²) in [5.41, 5.74) is 0. The number of hydrogen-bond donors (Lipinski definition) is 1. The molecule has 2 fully saturated rings. The van der Waals surface area contributed by atoms with E-state index in [1.807, 2.05) is 13.1 Å². The van der Waals surface area contributed by atoms with E-state index in [0.717, 1.165) is 29.7 Å². The number of nitrogens with zero attached hydrogens (tertiary/aromatic N) is 3. The van der Waals surface area contributed by atoms with Gasteiger partial charge < -0.3 is 10.2 Å². The molecule has 10 heteroatoms. The van der Waals surface area contributed by atoms with E-state index in [-0.39, 0.29) is 24.0 Å². The molecule has 0 unspecified atom stereocenters. The van der Waals surface area contributed by atoms with Crippen molar-refractivity contribution < 1.29 is 8.42 Å². The van der Waals surface area contributed by atoms with Crippen molar-refractivity contribution in [3.63, 3.8) is 0 Å². The number of thiophene rings is 1. The Labute approximate surface area is 194 Å². The molecule has 2 heterocycles. The third kappa shape index (κ3) is 5.55. The quantitative estimate of drug-likeness (QED) is 0.349.